The molecule has 0 saturated carbocycles. The van der Waals surface area contributed by atoms with Gasteiger partial charge in [-0.2, -0.15) is 0 Å². The fourth-order valence-electron chi connectivity index (χ4n) is 4.03. The van der Waals surface area contributed by atoms with Crippen molar-refractivity contribution in [1.82, 2.24) is 9.55 Å². The lowest BCUT2D eigenvalue weighted by atomic mass is 10.1. The van der Waals surface area contributed by atoms with Crippen LogP contribution >= 0.6 is 11.3 Å². The van der Waals surface area contributed by atoms with Crippen LogP contribution in [0.4, 0.5) is 11.4 Å². The second-order valence-electron chi connectivity index (χ2n) is 7.78. The number of thiophene rings is 1. The number of nitrogens with zero attached hydrogens (tertiary/aromatic N) is 3. The topological polar surface area (TPSA) is 67.2 Å². The first-order valence-corrected chi connectivity index (χ1v) is 11.1. The highest BCUT2D eigenvalue weighted by molar-refractivity contribution is 7.10. The number of aromatic nitrogens is 2. The molecule has 7 heteroatoms. The molecule has 2 aromatic heterocycles. The van der Waals surface area contributed by atoms with Crippen molar-refractivity contribution in [2.24, 2.45) is 0 Å². The molecule has 1 N–H and O–H groups in total. The zero-order valence-electron chi connectivity index (χ0n) is 17.2. The van der Waals surface area contributed by atoms with Crippen LogP contribution < -0.4 is 15.8 Å². The Kier molecular flexibility index (Phi) is 5.03. The first kappa shape index (κ1) is 19.5. The molecule has 1 aliphatic heterocycles. The molecule has 156 valence electrons. The molecule has 0 bridgehead atoms. The average Bonchev–Trinajstić information content (AvgIpc) is 3.25. The number of hydrogen-bond acceptors (Lipinski definition) is 5. The third-order valence-corrected chi connectivity index (χ3v) is 6.72. The number of aryl methyl sites for hydroxylation is 1. The normalized spacial score (nSPS) is 13.3. The summed E-state index contributed by atoms with van der Waals surface area (Å²) in [6, 6.07) is 15.5. The minimum absolute atomic E-state index is 0.0788. The molecule has 0 saturated heterocycles. The van der Waals surface area contributed by atoms with Gasteiger partial charge in [0.25, 0.3) is 5.56 Å². The van der Waals surface area contributed by atoms with Crippen molar-refractivity contribution in [2.75, 3.05) is 16.8 Å². The Morgan fingerprint density at radius 2 is 2.00 bits per heavy atom. The van der Waals surface area contributed by atoms with E-state index in [4.69, 9.17) is 0 Å². The summed E-state index contributed by atoms with van der Waals surface area (Å²) in [7, 11) is 0. The number of nitrogens with one attached hydrogen (secondary N) is 1. The number of carbonyl (C=O) groups excluding carboxylic acids is 1. The monoisotopic (exact) mass is 430 g/mol. The van der Waals surface area contributed by atoms with E-state index in [2.05, 4.69) is 26.6 Å². The molecular formula is C24H22N4O2S. The minimum atomic E-state index is -0.260. The van der Waals surface area contributed by atoms with Gasteiger partial charge in [0, 0.05) is 29.3 Å². The van der Waals surface area contributed by atoms with E-state index in [1.54, 1.807) is 6.07 Å². The van der Waals surface area contributed by atoms with Crippen LogP contribution in [0.25, 0.3) is 10.9 Å². The Bertz CT molecular complexity index is 1320. The molecule has 2 aromatic carbocycles. The number of benzene rings is 2. The van der Waals surface area contributed by atoms with Gasteiger partial charge >= 0.3 is 0 Å². The van der Waals surface area contributed by atoms with Crippen molar-refractivity contribution in [1.29, 1.82) is 0 Å². The van der Waals surface area contributed by atoms with Gasteiger partial charge in [-0.3, -0.25) is 14.2 Å². The van der Waals surface area contributed by atoms with Crippen LogP contribution in [0.15, 0.2) is 65.0 Å². The highest BCUT2D eigenvalue weighted by Crippen LogP contribution is 2.28. The molecule has 1 amide bonds. The van der Waals surface area contributed by atoms with Gasteiger partial charge in [0.2, 0.25) is 5.91 Å². The van der Waals surface area contributed by atoms with Crippen molar-refractivity contribution >= 4 is 39.5 Å². The van der Waals surface area contributed by atoms with Gasteiger partial charge in [-0.1, -0.05) is 12.1 Å². The van der Waals surface area contributed by atoms with Crippen LogP contribution in [0.1, 0.15) is 16.0 Å². The van der Waals surface area contributed by atoms with E-state index in [0.717, 1.165) is 30.8 Å². The second kappa shape index (κ2) is 8.00. The van der Waals surface area contributed by atoms with Crippen LogP contribution in [0.2, 0.25) is 0 Å². The number of hydrogen-bond donors (Lipinski definition) is 1. The average molecular weight is 431 g/mol. The standard InChI is InChI=1S/C24H22N4O2S/c1-16-3-2-4-20-23(16)25-15-28(24(20)30)14-22(29)26-18-5-7-19(8-6-18)27-11-9-21-17(13-27)10-12-31-21/h2-8,10,12,15H,9,11,13-14H2,1H3,(H,26,29). The number of fused-ring (bicyclic) bond motifs is 2. The van der Waals surface area contributed by atoms with Crippen LogP contribution in [-0.4, -0.2) is 22.0 Å². The molecule has 0 aliphatic carbocycles. The van der Waals surface area contributed by atoms with Crippen molar-refractivity contribution in [3.05, 3.63) is 86.6 Å². The second-order valence-corrected chi connectivity index (χ2v) is 8.78. The third-order valence-electron chi connectivity index (χ3n) is 5.69. The van der Waals surface area contributed by atoms with E-state index in [1.807, 2.05) is 54.7 Å². The summed E-state index contributed by atoms with van der Waals surface area (Å²) in [5.74, 6) is -0.260. The van der Waals surface area contributed by atoms with Crippen LogP contribution in [-0.2, 0) is 24.3 Å². The van der Waals surface area contributed by atoms with Gasteiger partial charge in [0.15, 0.2) is 0 Å². The van der Waals surface area contributed by atoms with Crippen molar-refractivity contribution < 1.29 is 4.79 Å². The summed E-state index contributed by atoms with van der Waals surface area (Å²) in [6.07, 6.45) is 2.51. The maximum absolute atomic E-state index is 12.7. The van der Waals surface area contributed by atoms with Gasteiger partial charge in [-0.15, -0.1) is 11.3 Å². The fourth-order valence-corrected chi connectivity index (χ4v) is 4.92. The molecule has 0 spiro atoms. The smallest absolute Gasteiger partial charge is 0.261 e. The predicted octanol–water partition coefficient (Wildman–Crippen LogP) is 3.97. The Labute approximate surface area is 183 Å². The molecule has 3 heterocycles. The van der Waals surface area contributed by atoms with Crippen molar-refractivity contribution in [3.63, 3.8) is 0 Å². The molecule has 6 nitrogen and oxygen atoms in total. The van der Waals surface area contributed by atoms with Gasteiger partial charge in [-0.25, -0.2) is 4.98 Å². The summed E-state index contributed by atoms with van der Waals surface area (Å²) in [6.45, 7) is 3.75. The quantitative estimate of drug-likeness (QED) is 0.532. The molecule has 31 heavy (non-hydrogen) atoms. The summed E-state index contributed by atoms with van der Waals surface area (Å²) < 4.78 is 1.34. The minimum Gasteiger partial charge on any atom is -0.367 e. The van der Waals surface area contributed by atoms with Crippen molar-refractivity contribution in [2.45, 2.75) is 26.4 Å². The zero-order valence-corrected chi connectivity index (χ0v) is 18.0. The molecule has 0 unspecified atom stereocenters. The summed E-state index contributed by atoms with van der Waals surface area (Å²) >= 11 is 1.83. The van der Waals surface area contributed by atoms with Crippen LogP contribution in [0, 0.1) is 6.92 Å². The van der Waals surface area contributed by atoms with Gasteiger partial charge in [-0.05, 0) is 66.2 Å². The Balaban J connectivity index is 1.27. The third kappa shape index (κ3) is 3.84. The molecule has 0 atom stereocenters. The maximum atomic E-state index is 12.7. The molecule has 4 aromatic rings. The first-order chi connectivity index (χ1) is 15.1. The number of para-hydroxylation sites is 1. The number of carbonyl (C=O) groups is 1. The number of amides is 1. The van der Waals surface area contributed by atoms with Gasteiger partial charge < -0.3 is 10.2 Å². The van der Waals surface area contributed by atoms with Crippen LogP contribution in [0.5, 0.6) is 0 Å². The van der Waals surface area contributed by atoms with E-state index in [-0.39, 0.29) is 18.0 Å². The lowest BCUT2D eigenvalue weighted by Gasteiger charge is -2.29. The zero-order chi connectivity index (χ0) is 21.4. The largest absolute Gasteiger partial charge is 0.367 e. The summed E-state index contributed by atoms with van der Waals surface area (Å²) in [5.41, 5.74) is 4.65. The molecule has 1 aliphatic rings. The van der Waals surface area contributed by atoms with E-state index in [9.17, 15) is 9.59 Å². The highest BCUT2D eigenvalue weighted by atomic mass is 32.1. The Hall–Kier alpha value is -3.45. The van der Waals surface area contributed by atoms with E-state index in [1.165, 1.54) is 21.3 Å². The van der Waals surface area contributed by atoms with E-state index >= 15 is 0 Å². The van der Waals surface area contributed by atoms with E-state index < -0.39 is 0 Å². The SMILES string of the molecule is Cc1cccc2c(=O)n(CC(=O)Nc3ccc(N4CCc5sccc5C4)cc3)cnc12. The maximum Gasteiger partial charge on any atom is 0.261 e. The van der Waals surface area contributed by atoms with E-state index in [0.29, 0.717) is 16.6 Å². The molecule has 0 radical (unpaired) electrons. The number of rotatable bonds is 4. The number of anilines is 2. The first-order valence-electron chi connectivity index (χ1n) is 10.2. The van der Waals surface area contributed by atoms with Gasteiger partial charge in [0.1, 0.15) is 6.54 Å². The van der Waals surface area contributed by atoms with Crippen LogP contribution in [0.3, 0.4) is 0 Å². The predicted molar refractivity (Wildman–Crippen MR) is 125 cm³/mol. The Morgan fingerprint density at radius 1 is 1.16 bits per heavy atom. The highest BCUT2D eigenvalue weighted by Gasteiger charge is 2.17. The van der Waals surface area contributed by atoms with Crippen molar-refractivity contribution in [3.8, 4) is 0 Å². The molecule has 0 fully saturated rings. The molecule has 5 rings (SSSR count). The summed E-state index contributed by atoms with van der Waals surface area (Å²) in [5, 5.41) is 5.56. The summed E-state index contributed by atoms with van der Waals surface area (Å²) in [4.78, 5) is 33.4. The lowest BCUT2D eigenvalue weighted by Crippen LogP contribution is -2.29. The lowest BCUT2D eigenvalue weighted by molar-refractivity contribution is -0.116. The molecular weight excluding hydrogens is 408 g/mol. The fraction of sp³-hybridized carbons (Fsp3) is 0.208. The Morgan fingerprint density at radius 3 is 2.84 bits per heavy atom. The van der Waals surface area contributed by atoms with Gasteiger partial charge in [0.05, 0.1) is 17.2 Å².